The Bertz CT molecular complexity index is 525. The molecule has 0 aromatic heterocycles. The standard InChI is InChI=1S/C16H17Br2NO/c1-19-10-16(13-4-8-15(18)9-5-13)20-11-12-2-6-14(17)7-3-12/h2-9,16,19H,10-11H2,1H3. The number of halogens is 2. The van der Waals surface area contributed by atoms with Crippen LogP contribution in [-0.4, -0.2) is 13.6 Å². The average molecular weight is 399 g/mol. The van der Waals surface area contributed by atoms with Gasteiger partial charge in [-0.3, -0.25) is 0 Å². The van der Waals surface area contributed by atoms with Gasteiger partial charge >= 0.3 is 0 Å². The monoisotopic (exact) mass is 397 g/mol. The van der Waals surface area contributed by atoms with Gasteiger partial charge in [-0.15, -0.1) is 0 Å². The number of benzene rings is 2. The second-order valence-corrected chi connectivity index (χ2v) is 6.37. The number of hydrogen-bond donors (Lipinski definition) is 1. The lowest BCUT2D eigenvalue weighted by Gasteiger charge is -2.18. The van der Waals surface area contributed by atoms with E-state index in [9.17, 15) is 0 Å². The molecule has 1 unspecified atom stereocenters. The molecular formula is C16H17Br2NO. The predicted octanol–water partition coefficient (Wildman–Crippen LogP) is 4.69. The normalized spacial score (nSPS) is 12.3. The molecule has 0 aliphatic rings. The molecule has 0 fully saturated rings. The van der Waals surface area contributed by atoms with Gasteiger partial charge in [-0.1, -0.05) is 56.1 Å². The van der Waals surface area contributed by atoms with Crippen LogP contribution in [-0.2, 0) is 11.3 Å². The van der Waals surface area contributed by atoms with Gasteiger partial charge < -0.3 is 10.1 Å². The summed E-state index contributed by atoms with van der Waals surface area (Å²) in [6.45, 7) is 1.40. The van der Waals surface area contributed by atoms with Gasteiger partial charge in [0.25, 0.3) is 0 Å². The van der Waals surface area contributed by atoms with Gasteiger partial charge in [-0.2, -0.15) is 0 Å². The van der Waals surface area contributed by atoms with Gasteiger partial charge in [-0.05, 0) is 42.4 Å². The molecule has 0 aliphatic heterocycles. The average Bonchev–Trinajstić information content (AvgIpc) is 2.46. The second-order valence-electron chi connectivity index (χ2n) is 4.54. The van der Waals surface area contributed by atoms with Gasteiger partial charge in [0, 0.05) is 15.5 Å². The lowest BCUT2D eigenvalue weighted by molar-refractivity contribution is 0.0410. The van der Waals surface area contributed by atoms with Crippen molar-refractivity contribution >= 4 is 31.9 Å². The molecule has 2 rings (SSSR count). The highest BCUT2D eigenvalue weighted by Gasteiger charge is 2.11. The van der Waals surface area contributed by atoms with E-state index in [0.29, 0.717) is 6.61 Å². The van der Waals surface area contributed by atoms with Gasteiger partial charge in [0.15, 0.2) is 0 Å². The predicted molar refractivity (Wildman–Crippen MR) is 89.7 cm³/mol. The molecule has 0 heterocycles. The summed E-state index contributed by atoms with van der Waals surface area (Å²) in [7, 11) is 1.94. The number of hydrogen-bond acceptors (Lipinski definition) is 2. The SMILES string of the molecule is CNCC(OCc1ccc(Br)cc1)c1ccc(Br)cc1. The molecule has 0 saturated carbocycles. The third-order valence-corrected chi connectivity index (χ3v) is 4.05. The quantitative estimate of drug-likeness (QED) is 0.762. The summed E-state index contributed by atoms with van der Waals surface area (Å²) in [4.78, 5) is 0. The first-order valence-electron chi connectivity index (χ1n) is 6.45. The van der Waals surface area contributed by atoms with Crippen LogP contribution in [0.3, 0.4) is 0 Å². The van der Waals surface area contributed by atoms with E-state index in [1.54, 1.807) is 0 Å². The Morgan fingerprint density at radius 2 is 1.50 bits per heavy atom. The first kappa shape index (κ1) is 15.7. The lowest BCUT2D eigenvalue weighted by atomic mass is 10.1. The Morgan fingerprint density at radius 1 is 0.950 bits per heavy atom. The maximum atomic E-state index is 6.04. The number of likely N-dealkylation sites (N-methyl/N-ethyl adjacent to an activating group) is 1. The summed E-state index contributed by atoms with van der Waals surface area (Å²) in [6, 6.07) is 16.5. The molecule has 2 nitrogen and oxygen atoms in total. The third kappa shape index (κ3) is 4.70. The van der Waals surface area contributed by atoms with Crippen molar-refractivity contribution in [1.82, 2.24) is 5.32 Å². The molecule has 1 N–H and O–H groups in total. The fourth-order valence-corrected chi connectivity index (χ4v) is 2.44. The van der Waals surface area contributed by atoms with Crippen molar-refractivity contribution in [3.05, 3.63) is 68.6 Å². The molecule has 0 radical (unpaired) electrons. The largest absolute Gasteiger partial charge is 0.368 e. The molecule has 2 aromatic carbocycles. The molecule has 20 heavy (non-hydrogen) atoms. The smallest absolute Gasteiger partial charge is 0.0953 e. The third-order valence-electron chi connectivity index (χ3n) is 3.00. The number of ether oxygens (including phenoxy) is 1. The van der Waals surface area contributed by atoms with E-state index in [0.717, 1.165) is 15.5 Å². The molecule has 0 bridgehead atoms. The van der Waals surface area contributed by atoms with Crippen molar-refractivity contribution in [2.75, 3.05) is 13.6 Å². The van der Waals surface area contributed by atoms with Crippen molar-refractivity contribution in [3.8, 4) is 0 Å². The van der Waals surface area contributed by atoms with E-state index >= 15 is 0 Å². The van der Waals surface area contributed by atoms with Crippen LogP contribution < -0.4 is 5.32 Å². The Hall–Kier alpha value is -0.680. The Kier molecular flexibility index (Phi) is 6.23. The highest BCUT2D eigenvalue weighted by molar-refractivity contribution is 9.10. The highest BCUT2D eigenvalue weighted by Crippen LogP contribution is 2.21. The van der Waals surface area contributed by atoms with Crippen molar-refractivity contribution < 1.29 is 4.74 Å². The molecule has 106 valence electrons. The van der Waals surface area contributed by atoms with Crippen LogP contribution in [0.1, 0.15) is 17.2 Å². The zero-order valence-corrected chi connectivity index (χ0v) is 14.4. The van der Waals surface area contributed by atoms with E-state index in [2.05, 4.69) is 61.4 Å². The van der Waals surface area contributed by atoms with Crippen LogP contribution in [0.5, 0.6) is 0 Å². The van der Waals surface area contributed by atoms with E-state index < -0.39 is 0 Å². The van der Waals surface area contributed by atoms with Gasteiger partial charge in [0.1, 0.15) is 0 Å². The molecule has 4 heteroatoms. The first-order chi connectivity index (χ1) is 9.69. The van der Waals surface area contributed by atoms with Gasteiger partial charge in [0.05, 0.1) is 12.7 Å². The van der Waals surface area contributed by atoms with Crippen molar-refractivity contribution in [2.45, 2.75) is 12.7 Å². The minimum Gasteiger partial charge on any atom is -0.368 e. The van der Waals surface area contributed by atoms with Crippen LogP contribution in [0.25, 0.3) is 0 Å². The zero-order chi connectivity index (χ0) is 14.4. The van der Waals surface area contributed by atoms with Crippen LogP contribution >= 0.6 is 31.9 Å². The summed E-state index contributed by atoms with van der Waals surface area (Å²) in [6.07, 6.45) is 0.0525. The van der Waals surface area contributed by atoms with Crippen molar-refractivity contribution in [1.29, 1.82) is 0 Å². The second kappa shape index (κ2) is 7.93. The van der Waals surface area contributed by atoms with Crippen LogP contribution in [0, 0.1) is 0 Å². The fraction of sp³-hybridized carbons (Fsp3) is 0.250. The fourth-order valence-electron chi connectivity index (χ4n) is 1.91. The number of rotatable bonds is 6. The van der Waals surface area contributed by atoms with Crippen LogP contribution in [0.15, 0.2) is 57.5 Å². The minimum absolute atomic E-state index is 0.0525. The van der Waals surface area contributed by atoms with E-state index in [1.807, 2.05) is 31.3 Å². The zero-order valence-electron chi connectivity index (χ0n) is 11.3. The van der Waals surface area contributed by atoms with E-state index in [4.69, 9.17) is 4.74 Å². The summed E-state index contributed by atoms with van der Waals surface area (Å²) in [5, 5.41) is 3.18. The van der Waals surface area contributed by atoms with Crippen molar-refractivity contribution in [3.63, 3.8) is 0 Å². The first-order valence-corrected chi connectivity index (χ1v) is 8.04. The van der Waals surface area contributed by atoms with E-state index in [-0.39, 0.29) is 6.10 Å². The van der Waals surface area contributed by atoms with Crippen molar-refractivity contribution in [2.24, 2.45) is 0 Å². The summed E-state index contributed by atoms with van der Waals surface area (Å²) in [5.41, 5.74) is 2.35. The molecule has 0 amide bonds. The van der Waals surface area contributed by atoms with Crippen LogP contribution in [0.4, 0.5) is 0 Å². The molecule has 1 atom stereocenters. The summed E-state index contributed by atoms with van der Waals surface area (Å²) in [5.74, 6) is 0. The van der Waals surface area contributed by atoms with Gasteiger partial charge in [-0.25, -0.2) is 0 Å². The Balaban J connectivity index is 2.02. The Morgan fingerprint density at radius 3 is 2.05 bits per heavy atom. The Labute approximate surface area is 136 Å². The molecule has 0 aliphatic carbocycles. The molecule has 0 spiro atoms. The minimum atomic E-state index is 0.0525. The summed E-state index contributed by atoms with van der Waals surface area (Å²) >= 11 is 6.89. The molecular weight excluding hydrogens is 382 g/mol. The number of nitrogens with one attached hydrogen (secondary N) is 1. The van der Waals surface area contributed by atoms with E-state index in [1.165, 1.54) is 11.1 Å². The highest BCUT2D eigenvalue weighted by atomic mass is 79.9. The van der Waals surface area contributed by atoms with Crippen LogP contribution in [0.2, 0.25) is 0 Å². The molecule has 0 saturated heterocycles. The summed E-state index contributed by atoms with van der Waals surface area (Å²) < 4.78 is 8.21. The maximum Gasteiger partial charge on any atom is 0.0953 e. The maximum absolute atomic E-state index is 6.04. The topological polar surface area (TPSA) is 21.3 Å². The van der Waals surface area contributed by atoms with Gasteiger partial charge in [0.2, 0.25) is 0 Å². The lowest BCUT2D eigenvalue weighted by Crippen LogP contribution is -2.19. The molecule has 2 aromatic rings.